The Morgan fingerprint density at radius 1 is 1.28 bits per heavy atom. The van der Waals surface area contributed by atoms with Gasteiger partial charge in [-0.1, -0.05) is 30.3 Å². The maximum atomic E-state index is 12.2. The van der Waals surface area contributed by atoms with Crippen molar-refractivity contribution in [3.8, 4) is 0 Å². The van der Waals surface area contributed by atoms with E-state index < -0.39 is 11.7 Å². The van der Waals surface area contributed by atoms with Crippen molar-refractivity contribution in [2.45, 2.75) is 38.8 Å². The van der Waals surface area contributed by atoms with Gasteiger partial charge in [0.1, 0.15) is 5.60 Å². The Bertz CT molecular complexity index is 639. The van der Waals surface area contributed by atoms with Gasteiger partial charge in [0.15, 0.2) is 5.96 Å². The summed E-state index contributed by atoms with van der Waals surface area (Å²) in [6, 6.07) is 9.36. The van der Waals surface area contributed by atoms with Gasteiger partial charge in [-0.25, -0.2) is 4.79 Å². The molecule has 2 rings (SSSR count). The first-order valence-corrected chi connectivity index (χ1v) is 10.2. The topological polar surface area (TPSA) is 101 Å². The van der Waals surface area contributed by atoms with Crippen LogP contribution in [0.3, 0.4) is 0 Å². The zero-order valence-corrected chi connectivity index (χ0v) is 17.8. The lowest BCUT2D eigenvalue weighted by atomic mass is 10.1. The van der Waals surface area contributed by atoms with E-state index in [1.54, 1.807) is 0 Å². The Morgan fingerprint density at radius 3 is 2.62 bits per heavy atom. The minimum Gasteiger partial charge on any atom is -0.444 e. The van der Waals surface area contributed by atoms with Gasteiger partial charge in [0, 0.05) is 19.6 Å². The van der Waals surface area contributed by atoms with Crippen molar-refractivity contribution in [1.29, 1.82) is 0 Å². The van der Waals surface area contributed by atoms with Crippen molar-refractivity contribution in [1.82, 2.24) is 15.5 Å². The molecular formula is C21H35N5O3. The molecule has 1 aliphatic heterocycles. The number of benzene rings is 1. The SMILES string of the molecule is CC(C)(C)OC(=O)NC(CN=C(N)NCCCN1CCOCC1)c1ccccc1. The molecule has 1 amide bonds. The maximum Gasteiger partial charge on any atom is 0.408 e. The van der Waals surface area contributed by atoms with Gasteiger partial charge in [0.25, 0.3) is 0 Å². The average Bonchev–Trinajstić information content (AvgIpc) is 2.68. The quantitative estimate of drug-likeness (QED) is 0.347. The normalized spacial score (nSPS) is 16.9. The summed E-state index contributed by atoms with van der Waals surface area (Å²) in [4.78, 5) is 19.0. The molecule has 1 aromatic rings. The number of carbonyl (C=O) groups excluding carboxylic acids is 1. The van der Waals surface area contributed by atoms with Crippen molar-refractivity contribution in [3.63, 3.8) is 0 Å². The second kappa shape index (κ2) is 11.6. The number of nitrogens with one attached hydrogen (secondary N) is 2. The van der Waals surface area contributed by atoms with Crippen LogP contribution in [-0.4, -0.2) is 68.5 Å². The molecule has 8 nitrogen and oxygen atoms in total. The third-order valence-electron chi connectivity index (χ3n) is 4.40. The monoisotopic (exact) mass is 405 g/mol. The van der Waals surface area contributed by atoms with E-state index in [-0.39, 0.29) is 6.04 Å². The van der Waals surface area contributed by atoms with Crippen LogP contribution in [0.5, 0.6) is 0 Å². The standard InChI is InChI=1S/C21H35N5O3/c1-21(2,3)29-20(27)25-18(17-8-5-4-6-9-17)16-24-19(22)23-10-7-11-26-12-14-28-15-13-26/h4-6,8-9,18H,7,10-16H2,1-3H3,(H,25,27)(H3,22,23,24). The number of morpholine rings is 1. The van der Waals surface area contributed by atoms with E-state index in [1.807, 2.05) is 51.1 Å². The largest absolute Gasteiger partial charge is 0.444 e. The molecule has 0 aromatic heterocycles. The van der Waals surface area contributed by atoms with E-state index in [9.17, 15) is 4.79 Å². The van der Waals surface area contributed by atoms with E-state index in [4.69, 9.17) is 15.2 Å². The predicted molar refractivity (Wildman–Crippen MR) is 115 cm³/mol. The van der Waals surface area contributed by atoms with Crippen molar-refractivity contribution in [2.75, 3.05) is 45.9 Å². The van der Waals surface area contributed by atoms with E-state index >= 15 is 0 Å². The number of nitrogens with two attached hydrogens (primary N) is 1. The second-order valence-corrected chi connectivity index (χ2v) is 8.07. The van der Waals surface area contributed by atoms with Crippen molar-refractivity contribution in [2.24, 2.45) is 10.7 Å². The minimum atomic E-state index is -0.560. The van der Waals surface area contributed by atoms with Crippen molar-refractivity contribution >= 4 is 12.1 Å². The number of aliphatic imine (C=N–C) groups is 1. The summed E-state index contributed by atoms with van der Waals surface area (Å²) in [6.45, 7) is 11.2. The van der Waals surface area contributed by atoms with Gasteiger partial charge in [-0.05, 0) is 39.3 Å². The molecule has 29 heavy (non-hydrogen) atoms. The van der Waals surface area contributed by atoms with Crippen LogP contribution in [0.25, 0.3) is 0 Å². The van der Waals surface area contributed by atoms with Crippen LogP contribution in [0.1, 0.15) is 38.8 Å². The molecular weight excluding hydrogens is 370 g/mol. The molecule has 0 saturated carbocycles. The van der Waals surface area contributed by atoms with Gasteiger partial charge in [-0.2, -0.15) is 0 Å². The molecule has 1 saturated heterocycles. The fourth-order valence-corrected chi connectivity index (χ4v) is 2.96. The summed E-state index contributed by atoms with van der Waals surface area (Å²) in [5.74, 6) is 0.374. The molecule has 1 unspecified atom stereocenters. The summed E-state index contributed by atoms with van der Waals surface area (Å²) < 4.78 is 10.7. The van der Waals surface area contributed by atoms with Crippen LogP contribution >= 0.6 is 0 Å². The third kappa shape index (κ3) is 9.62. The van der Waals surface area contributed by atoms with Gasteiger partial charge in [0.05, 0.1) is 25.8 Å². The maximum absolute atomic E-state index is 12.2. The number of amides is 1. The smallest absolute Gasteiger partial charge is 0.408 e. The number of alkyl carbamates (subject to hydrolysis) is 1. The summed E-state index contributed by atoms with van der Waals surface area (Å²) in [5, 5.41) is 6.03. The first-order valence-electron chi connectivity index (χ1n) is 10.2. The van der Waals surface area contributed by atoms with Gasteiger partial charge >= 0.3 is 6.09 Å². The lowest BCUT2D eigenvalue weighted by Gasteiger charge is -2.26. The van der Waals surface area contributed by atoms with Crippen LogP contribution in [0.15, 0.2) is 35.3 Å². The molecule has 1 atom stereocenters. The molecule has 1 aromatic carbocycles. The predicted octanol–water partition coefficient (Wildman–Crippen LogP) is 1.88. The second-order valence-electron chi connectivity index (χ2n) is 8.07. The molecule has 0 radical (unpaired) electrons. The van der Waals surface area contributed by atoms with Crippen LogP contribution in [0.4, 0.5) is 4.79 Å². The summed E-state index contributed by atoms with van der Waals surface area (Å²) >= 11 is 0. The molecule has 1 fully saturated rings. The van der Waals surface area contributed by atoms with Gasteiger partial charge in [-0.3, -0.25) is 9.89 Å². The summed E-state index contributed by atoms with van der Waals surface area (Å²) in [7, 11) is 0. The third-order valence-corrected chi connectivity index (χ3v) is 4.40. The van der Waals surface area contributed by atoms with Crippen LogP contribution < -0.4 is 16.4 Å². The van der Waals surface area contributed by atoms with E-state index in [2.05, 4.69) is 20.5 Å². The van der Waals surface area contributed by atoms with Crippen molar-refractivity contribution in [3.05, 3.63) is 35.9 Å². The number of hydrogen-bond donors (Lipinski definition) is 3. The highest BCUT2D eigenvalue weighted by Gasteiger charge is 2.20. The molecule has 0 bridgehead atoms. The van der Waals surface area contributed by atoms with E-state index in [0.29, 0.717) is 12.5 Å². The van der Waals surface area contributed by atoms with Gasteiger partial charge in [0.2, 0.25) is 0 Å². The number of nitrogens with zero attached hydrogens (tertiary/aromatic N) is 2. The van der Waals surface area contributed by atoms with Crippen LogP contribution in [0, 0.1) is 0 Å². The number of carbonyl (C=O) groups is 1. The summed E-state index contributed by atoms with van der Waals surface area (Å²) in [6.07, 6.45) is 0.507. The fourth-order valence-electron chi connectivity index (χ4n) is 2.96. The lowest BCUT2D eigenvalue weighted by Crippen LogP contribution is -2.39. The first kappa shape index (κ1) is 23.0. The zero-order chi connectivity index (χ0) is 21.1. The number of guanidine groups is 1. The number of hydrogen-bond acceptors (Lipinski definition) is 5. The minimum absolute atomic E-state index is 0.320. The molecule has 4 N–H and O–H groups in total. The van der Waals surface area contributed by atoms with E-state index in [1.165, 1.54) is 0 Å². The highest BCUT2D eigenvalue weighted by atomic mass is 16.6. The number of rotatable bonds is 8. The molecule has 0 spiro atoms. The highest BCUT2D eigenvalue weighted by Crippen LogP contribution is 2.15. The Kier molecular flexibility index (Phi) is 9.21. The Morgan fingerprint density at radius 2 is 1.97 bits per heavy atom. The van der Waals surface area contributed by atoms with E-state index in [0.717, 1.165) is 51.4 Å². The van der Waals surface area contributed by atoms with Crippen molar-refractivity contribution < 1.29 is 14.3 Å². The van der Waals surface area contributed by atoms with Crippen LogP contribution in [0.2, 0.25) is 0 Å². The Hall–Kier alpha value is -2.32. The lowest BCUT2D eigenvalue weighted by molar-refractivity contribution is 0.0376. The average molecular weight is 406 g/mol. The molecule has 0 aliphatic carbocycles. The van der Waals surface area contributed by atoms with Crippen LogP contribution in [-0.2, 0) is 9.47 Å². The van der Waals surface area contributed by atoms with Gasteiger partial charge < -0.3 is 25.8 Å². The zero-order valence-electron chi connectivity index (χ0n) is 17.8. The highest BCUT2D eigenvalue weighted by molar-refractivity contribution is 5.77. The Balaban J connectivity index is 1.82. The van der Waals surface area contributed by atoms with Gasteiger partial charge in [-0.15, -0.1) is 0 Å². The Labute approximate surface area is 173 Å². The first-order chi connectivity index (χ1) is 13.8. The molecule has 1 heterocycles. The fraction of sp³-hybridized carbons (Fsp3) is 0.619. The summed E-state index contributed by atoms with van der Waals surface area (Å²) in [5.41, 5.74) is 6.40. The molecule has 162 valence electrons. The molecule has 8 heteroatoms. The number of ether oxygens (including phenoxy) is 2. The molecule has 1 aliphatic rings.